The number of nitrogen functional groups attached to an aromatic ring is 1. The molecule has 4 heteroatoms. The Balaban J connectivity index is 2.07. The number of anilines is 1. The molecule has 3 aromatic rings. The molecule has 0 spiro atoms. The van der Waals surface area contributed by atoms with Gasteiger partial charge in [-0.3, -0.25) is 0 Å². The van der Waals surface area contributed by atoms with Gasteiger partial charge in [-0.1, -0.05) is 24.3 Å². The van der Waals surface area contributed by atoms with Crippen molar-refractivity contribution in [2.45, 2.75) is 6.04 Å². The predicted octanol–water partition coefficient (Wildman–Crippen LogP) is 2.46. The van der Waals surface area contributed by atoms with E-state index in [0.29, 0.717) is 11.6 Å². The van der Waals surface area contributed by atoms with E-state index in [1.165, 1.54) is 0 Å². The summed E-state index contributed by atoms with van der Waals surface area (Å²) in [6.45, 7) is 0. The molecule has 2 aromatic heterocycles. The minimum absolute atomic E-state index is 0.397. The van der Waals surface area contributed by atoms with Crippen LogP contribution in [0.3, 0.4) is 0 Å². The van der Waals surface area contributed by atoms with Crippen molar-refractivity contribution in [3.05, 3.63) is 60.0 Å². The molecule has 3 rings (SSSR count). The molecular weight excluding hydrogens is 226 g/mol. The van der Waals surface area contributed by atoms with E-state index < -0.39 is 6.04 Å². The van der Waals surface area contributed by atoms with Crippen molar-refractivity contribution in [2.24, 2.45) is 5.73 Å². The lowest BCUT2D eigenvalue weighted by atomic mass is 10.1. The van der Waals surface area contributed by atoms with Crippen LogP contribution in [0.15, 0.2) is 53.1 Å². The number of nitrogens with zero attached hydrogens (tertiary/aromatic N) is 1. The quantitative estimate of drug-likeness (QED) is 0.720. The van der Waals surface area contributed by atoms with Gasteiger partial charge in [-0.2, -0.15) is 0 Å². The summed E-state index contributed by atoms with van der Waals surface area (Å²) >= 11 is 0. The zero-order valence-corrected chi connectivity index (χ0v) is 9.71. The number of para-hydroxylation sites is 1. The minimum Gasteiger partial charge on any atom is -0.459 e. The maximum atomic E-state index is 6.17. The largest absolute Gasteiger partial charge is 0.459 e. The molecule has 0 saturated heterocycles. The van der Waals surface area contributed by atoms with Crippen LogP contribution in [-0.2, 0) is 0 Å². The van der Waals surface area contributed by atoms with Crippen LogP contribution in [0, 0.1) is 0 Å². The third-order valence-corrected chi connectivity index (χ3v) is 2.96. The first-order valence-electron chi connectivity index (χ1n) is 5.70. The highest BCUT2D eigenvalue weighted by Crippen LogP contribution is 2.28. The maximum Gasteiger partial charge on any atom is 0.134 e. The second-order valence-corrected chi connectivity index (χ2v) is 4.14. The van der Waals surface area contributed by atoms with Gasteiger partial charge >= 0.3 is 0 Å². The number of fused-ring (bicyclic) bond motifs is 1. The first kappa shape index (κ1) is 10.8. The van der Waals surface area contributed by atoms with Crippen molar-refractivity contribution in [1.82, 2.24) is 4.98 Å². The average Bonchev–Trinajstić information content (AvgIpc) is 2.82. The van der Waals surface area contributed by atoms with Gasteiger partial charge in [-0.25, -0.2) is 4.98 Å². The van der Waals surface area contributed by atoms with Crippen LogP contribution in [0.4, 0.5) is 5.82 Å². The molecule has 1 atom stereocenters. The summed E-state index contributed by atoms with van der Waals surface area (Å²) in [6.07, 6.45) is 1.64. The van der Waals surface area contributed by atoms with Crippen LogP contribution >= 0.6 is 0 Å². The monoisotopic (exact) mass is 239 g/mol. The SMILES string of the molecule is Nc1ncccc1C(N)c1cc2ccccc2o1. The Morgan fingerprint density at radius 3 is 2.72 bits per heavy atom. The second-order valence-electron chi connectivity index (χ2n) is 4.14. The number of rotatable bonds is 2. The van der Waals surface area contributed by atoms with Crippen molar-refractivity contribution >= 4 is 16.8 Å². The smallest absolute Gasteiger partial charge is 0.134 e. The van der Waals surface area contributed by atoms with Crippen LogP contribution < -0.4 is 11.5 Å². The predicted molar refractivity (Wildman–Crippen MR) is 70.9 cm³/mol. The average molecular weight is 239 g/mol. The summed E-state index contributed by atoms with van der Waals surface area (Å²) in [5.41, 5.74) is 13.6. The molecule has 0 saturated carbocycles. The lowest BCUT2D eigenvalue weighted by Gasteiger charge is -2.10. The Labute approximate surface area is 104 Å². The van der Waals surface area contributed by atoms with Gasteiger partial charge in [-0.05, 0) is 18.2 Å². The number of hydrogen-bond acceptors (Lipinski definition) is 4. The Hall–Kier alpha value is -2.33. The van der Waals surface area contributed by atoms with Crippen LogP contribution in [-0.4, -0.2) is 4.98 Å². The zero-order chi connectivity index (χ0) is 12.5. The molecule has 0 bridgehead atoms. The van der Waals surface area contributed by atoms with Gasteiger partial charge in [-0.15, -0.1) is 0 Å². The molecule has 0 amide bonds. The van der Waals surface area contributed by atoms with Crippen LogP contribution in [0.1, 0.15) is 17.4 Å². The number of benzene rings is 1. The molecule has 18 heavy (non-hydrogen) atoms. The van der Waals surface area contributed by atoms with Crippen LogP contribution in [0.25, 0.3) is 11.0 Å². The molecule has 0 aliphatic carbocycles. The van der Waals surface area contributed by atoms with E-state index in [2.05, 4.69) is 4.98 Å². The molecule has 4 nitrogen and oxygen atoms in total. The van der Waals surface area contributed by atoms with E-state index in [1.807, 2.05) is 42.5 Å². The Kier molecular flexibility index (Phi) is 2.50. The van der Waals surface area contributed by atoms with E-state index >= 15 is 0 Å². The summed E-state index contributed by atoms with van der Waals surface area (Å²) < 4.78 is 5.73. The molecular formula is C14H13N3O. The zero-order valence-electron chi connectivity index (χ0n) is 9.71. The number of aromatic nitrogens is 1. The summed E-state index contributed by atoms with van der Waals surface area (Å²) in [7, 11) is 0. The van der Waals surface area contributed by atoms with E-state index in [4.69, 9.17) is 15.9 Å². The standard InChI is InChI=1S/C14H13N3O/c15-13(10-5-3-7-17-14(10)16)12-8-9-4-1-2-6-11(9)18-12/h1-8,13H,15H2,(H2,16,17). The number of hydrogen-bond donors (Lipinski definition) is 2. The van der Waals surface area contributed by atoms with Crippen molar-refractivity contribution in [1.29, 1.82) is 0 Å². The molecule has 0 aliphatic rings. The third-order valence-electron chi connectivity index (χ3n) is 2.96. The van der Waals surface area contributed by atoms with Crippen LogP contribution in [0.2, 0.25) is 0 Å². The number of furan rings is 1. The summed E-state index contributed by atoms with van der Waals surface area (Å²) in [5, 5.41) is 1.03. The molecule has 1 unspecified atom stereocenters. The van der Waals surface area contributed by atoms with Crippen molar-refractivity contribution in [2.75, 3.05) is 5.73 Å². The highest BCUT2D eigenvalue weighted by atomic mass is 16.3. The topological polar surface area (TPSA) is 78.1 Å². The number of nitrogens with two attached hydrogens (primary N) is 2. The lowest BCUT2D eigenvalue weighted by molar-refractivity contribution is 0.525. The highest BCUT2D eigenvalue weighted by molar-refractivity contribution is 5.78. The third kappa shape index (κ3) is 1.72. The number of pyridine rings is 1. The fourth-order valence-corrected chi connectivity index (χ4v) is 2.00. The van der Waals surface area contributed by atoms with E-state index in [0.717, 1.165) is 16.5 Å². The molecule has 2 heterocycles. The van der Waals surface area contributed by atoms with Crippen molar-refractivity contribution < 1.29 is 4.42 Å². The Morgan fingerprint density at radius 2 is 1.94 bits per heavy atom. The molecule has 0 aliphatic heterocycles. The first-order valence-corrected chi connectivity index (χ1v) is 5.70. The Bertz CT molecular complexity index is 657. The fourth-order valence-electron chi connectivity index (χ4n) is 2.00. The van der Waals surface area contributed by atoms with Gasteiger partial charge < -0.3 is 15.9 Å². The molecule has 4 N–H and O–H groups in total. The molecule has 0 radical (unpaired) electrons. The van der Waals surface area contributed by atoms with Crippen molar-refractivity contribution in [3.8, 4) is 0 Å². The summed E-state index contributed by atoms with van der Waals surface area (Å²) in [6, 6.07) is 13.0. The molecule has 0 fully saturated rings. The van der Waals surface area contributed by atoms with Crippen LogP contribution in [0.5, 0.6) is 0 Å². The van der Waals surface area contributed by atoms with Crippen molar-refractivity contribution in [3.63, 3.8) is 0 Å². The van der Waals surface area contributed by atoms with Gasteiger partial charge in [0.25, 0.3) is 0 Å². The van der Waals surface area contributed by atoms with E-state index in [-0.39, 0.29) is 0 Å². The van der Waals surface area contributed by atoms with E-state index in [1.54, 1.807) is 6.20 Å². The van der Waals surface area contributed by atoms with Gasteiger partial charge in [0, 0.05) is 17.1 Å². The maximum absolute atomic E-state index is 6.17. The summed E-state index contributed by atoms with van der Waals surface area (Å²) in [4.78, 5) is 4.04. The minimum atomic E-state index is -0.397. The first-order chi connectivity index (χ1) is 8.75. The van der Waals surface area contributed by atoms with Gasteiger partial charge in [0.15, 0.2) is 0 Å². The van der Waals surface area contributed by atoms with Gasteiger partial charge in [0.1, 0.15) is 17.2 Å². The van der Waals surface area contributed by atoms with Gasteiger partial charge in [0.2, 0.25) is 0 Å². The molecule has 90 valence electrons. The molecule has 1 aromatic carbocycles. The Morgan fingerprint density at radius 1 is 1.11 bits per heavy atom. The fraction of sp³-hybridized carbons (Fsp3) is 0.0714. The second kappa shape index (κ2) is 4.16. The normalized spacial score (nSPS) is 12.7. The van der Waals surface area contributed by atoms with E-state index in [9.17, 15) is 0 Å². The van der Waals surface area contributed by atoms with Gasteiger partial charge in [0.05, 0.1) is 6.04 Å². The summed E-state index contributed by atoms with van der Waals surface area (Å²) in [5.74, 6) is 1.13. The lowest BCUT2D eigenvalue weighted by Crippen LogP contribution is -2.13. The highest BCUT2D eigenvalue weighted by Gasteiger charge is 2.16.